The zero-order valence-electron chi connectivity index (χ0n) is 36.3. The van der Waals surface area contributed by atoms with Gasteiger partial charge in [0.1, 0.15) is 29.6 Å². The number of para-hydroxylation sites is 2. The van der Waals surface area contributed by atoms with Crippen LogP contribution in [0.4, 0.5) is 5.82 Å². The number of anilines is 1. The Morgan fingerprint density at radius 2 is 1.56 bits per heavy atom. The van der Waals surface area contributed by atoms with Gasteiger partial charge in [-0.05, 0) is 70.9 Å². The van der Waals surface area contributed by atoms with Crippen molar-refractivity contribution in [1.82, 2.24) is 14.2 Å². The number of fused-ring (bicyclic) bond motifs is 2. The number of aryl methyl sites for hydroxylation is 1. The molecule has 1 fully saturated rings. The average molecular weight is 858 g/mol. The molecule has 4 aromatic carbocycles. The molecular weight excluding hydrogens is 802 g/mol. The van der Waals surface area contributed by atoms with Crippen molar-refractivity contribution >= 4 is 20.3 Å². The number of nitrogens with zero attached hydrogens (tertiary/aromatic N) is 4. The second-order valence-electron chi connectivity index (χ2n) is 16.2. The number of unbranched alkanes of at least 4 members (excludes halogenated alkanes) is 1. The van der Waals surface area contributed by atoms with Crippen LogP contribution in [-0.4, -0.2) is 57.1 Å². The molecule has 62 heavy (non-hydrogen) atoms. The van der Waals surface area contributed by atoms with Crippen molar-refractivity contribution in [1.29, 1.82) is 5.26 Å². The minimum atomic E-state index is -1.71. The summed E-state index contributed by atoms with van der Waals surface area (Å²) >= 11 is 0. The second kappa shape index (κ2) is 20.3. The van der Waals surface area contributed by atoms with Gasteiger partial charge < -0.3 is 28.6 Å². The number of aromatic nitrogens is 2. The molecule has 3 heterocycles. The van der Waals surface area contributed by atoms with Crippen molar-refractivity contribution in [3.05, 3.63) is 154 Å². The molecule has 5 atom stereocenters. The van der Waals surface area contributed by atoms with Crippen LogP contribution in [0.1, 0.15) is 106 Å². The van der Waals surface area contributed by atoms with Gasteiger partial charge in [-0.15, -0.1) is 0 Å². The number of nitriles is 1. The van der Waals surface area contributed by atoms with E-state index in [-0.39, 0.29) is 43.3 Å². The largest absolute Gasteiger partial charge is 0.457 e. The number of nitrogens with one attached hydrogen (secondary N) is 1. The van der Waals surface area contributed by atoms with Gasteiger partial charge in [0, 0.05) is 47.0 Å². The summed E-state index contributed by atoms with van der Waals surface area (Å²) in [6.45, 7) is 12.5. The van der Waals surface area contributed by atoms with Crippen LogP contribution in [-0.2, 0) is 24.1 Å². The van der Waals surface area contributed by atoms with Crippen LogP contribution in [0.5, 0.6) is 11.5 Å². The molecule has 1 N–H and O–H groups in total. The standard InChI is InChI=1S/C49H56N5O7P/c1-7-8-26-42(60-49(37-22-13-10-14-23-37)38-24-15-17-27-40(38)58-41-28-18-16-25-39(41)49)45-43(61-62(57-30-19-29-50)54(33(2)3)34(4)5)31-44(59-45)53-32-35(6)46(52-48(53)56)51-47(55)36-20-11-9-12-21-36/h9-18,20-25,27-28,32-34,42-45H,7-8,19,26,30-31H2,1-6H3,(H,51,52,55,56)/t42-,43-,44+,45+,62?/m0/s1. The zero-order chi connectivity index (χ0) is 43.8. The predicted molar refractivity (Wildman–Crippen MR) is 240 cm³/mol. The van der Waals surface area contributed by atoms with Gasteiger partial charge in [-0.2, -0.15) is 10.2 Å². The number of carbonyl (C=O) groups is 1. The maximum Gasteiger partial charge on any atom is 0.351 e. The Morgan fingerprint density at radius 1 is 0.952 bits per heavy atom. The summed E-state index contributed by atoms with van der Waals surface area (Å²) in [5.74, 6) is 1.18. The monoisotopic (exact) mass is 857 g/mol. The third-order valence-corrected chi connectivity index (χ3v) is 13.3. The van der Waals surface area contributed by atoms with E-state index in [0.29, 0.717) is 29.0 Å². The van der Waals surface area contributed by atoms with Crippen molar-refractivity contribution in [2.45, 2.75) is 116 Å². The highest BCUT2D eigenvalue weighted by atomic mass is 31.2. The second-order valence-corrected chi connectivity index (χ2v) is 17.6. The summed E-state index contributed by atoms with van der Waals surface area (Å²) in [5, 5.41) is 12.3. The van der Waals surface area contributed by atoms with E-state index < -0.39 is 44.4 Å². The maximum absolute atomic E-state index is 14.0. The molecule has 5 aromatic rings. The molecule has 0 aliphatic carbocycles. The molecule has 1 amide bonds. The van der Waals surface area contributed by atoms with Crippen LogP contribution in [0, 0.1) is 18.3 Å². The molecule has 0 saturated carbocycles. The molecule has 1 unspecified atom stereocenters. The summed E-state index contributed by atoms with van der Waals surface area (Å²) in [6.07, 6.45) is 1.76. The number of ether oxygens (including phenoxy) is 3. The van der Waals surface area contributed by atoms with Gasteiger partial charge in [-0.1, -0.05) is 105 Å². The van der Waals surface area contributed by atoms with E-state index in [4.69, 9.17) is 23.3 Å². The lowest BCUT2D eigenvalue weighted by Crippen LogP contribution is -2.46. The topological polar surface area (TPSA) is 137 Å². The fourth-order valence-electron chi connectivity index (χ4n) is 8.40. The molecule has 2 aliphatic rings. The molecule has 0 spiro atoms. The number of carbonyl (C=O) groups excluding carboxylic acids is 1. The smallest absolute Gasteiger partial charge is 0.351 e. The Hall–Kier alpha value is -5.25. The lowest BCUT2D eigenvalue weighted by Gasteiger charge is -2.44. The molecule has 0 bridgehead atoms. The maximum atomic E-state index is 14.0. The van der Waals surface area contributed by atoms with Crippen LogP contribution in [0.2, 0.25) is 0 Å². The molecule has 12 nitrogen and oxygen atoms in total. The lowest BCUT2D eigenvalue weighted by molar-refractivity contribution is -0.147. The van der Waals surface area contributed by atoms with Crippen molar-refractivity contribution in [2.24, 2.45) is 0 Å². The van der Waals surface area contributed by atoms with Crippen LogP contribution in [0.3, 0.4) is 0 Å². The summed E-state index contributed by atoms with van der Waals surface area (Å²) in [5.41, 5.74) is 1.97. The number of hydrogen-bond donors (Lipinski definition) is 1. The average Bonchev–Trinajstić information content (AvgIpc) is 3.69. The number of benzene rings is 4. The van der Waals surface area contributed by atoms with E-state index in [0.717, 1.165) is 29.5 Å². The molecule has 1 aromatic heterocycles. The Bertz CT molecular complexity index is 2330. The number of hydrogen-bond acceptors (Lipinski definition) is 10. The SMILES string of the molecule is CCCC[C@H](OC1(c2ccccc2)c2ccccc2Oc2ccccc21)[C@H]1O[C@@H](n2cc(C)c(NC(=O)c3ccccc3)nc2=O)C[C@@H]1OP(OCCC#N)N(C(C)C)C(C)C. The zero-order valence-corrected chi connectivity index (χ0v) is 37.2. The highest BCUT2D eigenvalue weighted by Crippen LogP contribution is 2.55. The van der Waals surface area contributed by atoms with E-state index in [1.807, 2.05) is 60.7 Å². The minimum Gasteiger partial charge on any atom is -0.457 e. The van der Waals surface area contributed by atoms with Gasteiger partial charge in [0.2, 0.25) is 0 Å². The van der Waals surface area contributed by atoms with E-state index >= 15 is 0 Å². The van der Waals surface area contributed by atoms with Gasteiger partial charge in [0.15, 0.2) is 5.60 Å². The summed E-state index contributed by atoms with van der Waals surface area (Å²) in [7, 11) is -1.71. The van der Waals surface area contributed by atoms with Gasteiger partial charge >= 0.3 is 5.69 Å². The number of rotatable bonds is 18. The van der Waals surface area contributed by atoms with Crippen LogP contribution >= 0.6 is 8.53 Å². The van der Waals surface area contributed by atoms with Crippen molar-refractivity contribution in [2.75, 3.05) is 11.9 Å². The van der Waals surface area contributed by atoms with Crippen LogP contribution in [0.25, 0.3) is 0 Å². The van der Waals surface area contributed by atoms with Crippen molar-refractivity contribution in [3.63, 3.8) is 0 Å². The minimum absolute atomic E-state index is 0.0524. The first-order valence-corrected chi connectivity index (χ1v) is 22.7. The Morgan fingerprint density at radius 3 is 2.18 bits per heavy atom. The molecule has 0 radical (unpaired) electrons. The van der Waals surface area contributed by atoms with E-state index in [2.05, 4.69) is 79.9 Å². The van der Waals surface area contributed by atoms with E-state index in [1.54, 1.807) is 37.4 Å². The highest BCUT2D eigenvalue weighted by molar-refractivity contribution is 7.44. The number of amides is 1. The first-order valence-electron chi connectivity index (χ1n) is 21.5. The third-order valence-electron chi connectivity index (χ3n) is 11.2. The third kappa shape index (κ3) is 9.54. The molecule has 7 rings (SSSR count). The molecular formula is C49H56N5O7P. The van der Waals surface area contributed by atoms with Gasteiger partial charge in [-0.25, -0.2) is 9.46 Å². The summed E-state index contributed by atoms with van der Waals surface area (Å²) in [6, 6.07) is 37.2. The Labute approximate surface area is 365 Å². The lowest BCUT2D eigenvalue weighted by atomic mass is 9.77. The molecule has 2 aliphatic heterocycles. The predicted octanol–water partition coefficient (Wildman–Crippen LogP) is 10.4. The van der Waals surface area contributed by atoms with E-state index in [1.165, 1.54) is 4.57 Å². The van der Waals surface area contributed by atoms with Crippen molar-refractivity contribution < 1.29 is 28.1 Å². The molecule has 13 heteroatoms. The quantitative estimate of drug-likeness (QED) is 0.0670. The van der Waals surface area contributed by atoms with Gasteiger partial charge in [0.25, 0.3) is 14.4 Å². The van der Waals surface area contributed by atoms with Gasteiger partial charge in [0.05, 0.1) is 31.3 Å². The highest BCUT2D eigenvalue weighted by Gasteiger charge is 2.51. The summed E-state index contributed by atoms with van der Waals surface area (Å²) in [4.78, 5) is 31.5. The Kier molecular flexibility index (Phi) is 14.7. The van der Waals surface area contributed by atoms with E-state index in [9.17, 15) is 14.9 Å². The fourth-order valence-corrected chi connectivity index (χ4v) is 10.1. The Balaban J connectivity index is 1.33. The van der Waals surface area contributed by atoms with Gasteiger partial charge in [-0.3, -0.25) is 9.36 Å². The molecule has 324 valence electrons. The van der Waals surface area contributed by atoms with Crippen LogP contribution in [0.15, 0.2) is 120 Å². The normalized spacial score (nSPS) is 18.7. The molecule has 1 saturated heterocycles. The van der Waals surface area contributed by atoms with Crippen molar-refractivity contribution in [3.8, 4) is 17.6 Å². The summed E-state index contributed by atoms with van der Waals surface area (Å²) < 4.78 is 38.7. The van der Waals surface area contributed by atoms with Crippen LogP contribution < -0.4 is 15.7 Å². The first-order chi connectivity index (χ1) is 30.0. The fraction of sp³-hybridized carbons (Fsp3) is 0.388. The first kappa shape index (κ1) is 44.8.